The Bertz CT molecular complexity index is 878. The van der Waals surface area contributed by atoms with E-state index in [1.54, 1.807) is 23.0 Å². The predicted molar refractivity (Wildman–Crippen MR) is 78.7 cm³/mol. The molecule has 3 aromatic rings. The quantitative estimate of drug-likeness (QED) is 0.739. The summed E-state index contributed by atoms with van der Waals surface area (Å²) in [5.74, 6) is 0.861. The van der Waals surface area contributed by atoms with Gasteiger partial charge in [0.15, 0.2) is 11.0 Å². The van der Waals surface area contributed by atoms with Gasteiger partial charge in [-0.25, -0.2) is 4.39 Å². The topological polar surface area (TPSA) is 67.6 Å². The van der Waals surface area contributed by atoms with Crippen LogP contribution >= 0.6 is 11.8 Å². The summed E-state index contributed by atoms with van der Waals surface area (Å²) in [7, 11) is 1.81. The summed E-state index contributed by atoms with van der Waals surface area (Å²) in [6, 6.07) is 8.21. The maximum Gasteiger partial charge on any atom is 0.196 e. The van der Waals surface area contributed by atoms with Crippen LogP contribution in [-0.2, 0) is 7.05 Å². The van der Waals surface area contributed by atoms with Crippen molar-refractivity contribution in [2.24, 2.45) is 7.05 Å². The molecule has 2 heterocycles. The second kappa shape index (κ2) is 5.66. The maximum absolute atomic E-state index is 13.6. The summed E-state index contributed by atoms with van der Waals surface area (Å²) < 4.78 is 20.7. The minimum atomic E-state index is -0.541. The third kappa shape index (κ3) is 2.38. The predicted octanol–water partition coefficient (Wildman–Crippen LogP) is 3.55. The van der Waals surface area contributed by atoms with Gasteiger partial charge in [-0.2, -0.15) is 5.26 Å². The van der Waals surface area contributed by atoms with E-state index in [0.29, 0.717) is 15.9 Å². The Morgan fingerprint density at radius 2 is 2.14 bits per heavy atom. The van der Waals surface area contributed by atoms with Crippen LogP contribution in [0.5, 0.6) is 0 Å². The minimum Gasteiger partial charge on any atom is -0.469 e. The van der Waals surface area contributed by atoms with Crippen LogP contribution in [0.25, 0.3) is 11.4 Å². The van der Waals surface area contributed by atoms with Gasteiger partial charge in [0, 0.05) is 11.9 Å². The van der Waals surface area contributed by atoms with Crippen molar-refractivity contribution >= 4 is 11.8 Å². The summed E-state index contributed by atoms with van der Waals surface area (Å²) in [5, 5.41) is 17.9. The van der Waals surface area contributed by atoms with E-state index in [0.717, 1.165) is 11.3 Å². The standard InChI is InChI=1S/C15H11FN4OS/c1-9-10(6-7-21-9)14-18-19-15(20(14)2)22-13-5-3-4-12(16)11(13)8-17/h3-7H,1-2H3. The Morgan fingerprint density at radius 1 is 1.32 bits per heavy atom. The normalized spacial score (nSPS) is 10.6. The molecular formula is C15H11FN4OS. The Kier molecular flexibility index (Phi) is 3.69. The Morgan fingerprint density at radius 3 is 2.82 bits per heavy atom. The van der Waals surface area contributed by atoms with Crippen molar-refractivity contribution in [1.82, 2.24) is 14.8 Å². The van der Waals surface area contributed by atoms with Crippen LogP contribution in [0.4, 0.5) is 4.39 Å². The first-order valence-corrected chi connectivity index (χ1v) is 7.23. The molecule has 0 saturated carbocycles. The Balaban J connectivity index is 1.99. The van der Waals surface area contributed by atoms with Crippen molar-refractivity contribution in [2.45, 2.75) is 17.0 Å². The van der Waals surface area contributed by atoms with Gasteiger partial charge < -0.3 is 8.98 Å². The molecule has 0 unspecified atom stereocenters. The van der Waals surface area contributed by atoms with Crippen molar-refractivity contribution < 1.29 is 8.81 Å². The molecule has 0 saturated heterocycles. The first kappa shape index (κ1) is 14.4. The van der Waals surface area contributed by atoms with Gasteiger partial charge in [-0.3, -0.25) is 0 Å². The highest BCUT2D eigenvalue weighted by molar-refractivity contribution is 7.99. The number of hydrogen-bond donors (Lipinski definition) is 0. The number of rotatable bonds is 3. The smallest absolute Gasteiger partial charge is 0.196 e. The van der Waals surface area contributed by atoms with Crippen LogP contribution < -0.4 is 0 Å². The van der Waals surface area contributed by atoms with Gasteiger partial charge in [0.05, 0.1) is 11.8 Å². The molecule has 1 aromatic carbocycles. The van der Waals surface area contributed by atoms with Crippen molar-refractivity contribution in [3.8, 4) is 17.5 Å². The maximum atomic E-state index is 13.6. The minimum absolute atomic E-state index is 0.0107. The molecule has 0 atom stereocenters. The molecular weight excluding hydrogens is 303 g/mol. The zero-order valence-corrected chi connectivity index (χ0v) is 12.7. The van der Waals surface area contributed by atoms with Gasteiger partial charge in [0.25, 0.3) is 0 Å². The van der Waals surface area contributed by atoms with Gasteiger partial charge in [0.1, 0.15) is 23.2 Å². The fraction of sp³-hybridized carbons (Fsp3) is 0.133. The molecule has 0 N–H and O–H groups in total. The van der Waals surface area contributed by atoms with Crippen LogP contribution in [-0.4, -0.2) is 14.8 Å². The Labute approximate surface area is 130 Å². The highest BCUT2D eigenvalue weighted by Gasteiger charge is 2.17. The molecule has 110 valence electrons. The van der Waals surface area contributed by atoms with E-state index >= 15 is 0 Å². The number of hydrogen-bond acceptors (Lipinski definition) is 5. The molecule has 0 fully saturated rings. The van der Waals surface area contributed by atoms with Crippen LogP contribution in [0, 0.1) is 24.1 Å². The number of furan rings is 1. The summed E-state index contributed by atoms with van der Waals surface area (Å²) in [6.07, 6.45) is 1.59. The highest BCUT2D eigenvalue weighted by atomic mass is 32.2. The lowest BCUT2D eigenvalue weighted by molar-refractivity contribution is 0.534. The first-order valence-electron chi connectivity index (χ1n) is 6.42. The van der Waals surface area contributed by atoms with Crippen LogP contribution in [0.1, 0.15) is 11.3 Å². The SMILES string of the molecule is Cc1occc1-c1nnc(Sc2cccc(F)c2C#N)n1C. The van der Waals surface area contributed by atoms with Crippen molar-refractivity contribution in [2.75, 3.05) is 0 Å². The average molecular weight is 314 g/mol. The molecule has 0 bridgehead atoms. The molecule has 7 heteroatoms. The monoisotopic (exact) mass is 314 g/mol. The van der Waals surface area contributed by atoms with Crippen molar-refractivity contribution in [3.05, 3.63) is 47.7 Å². The summed E-state index contributed by atoms with van der Waals surface area (Å²) in [4.78, 5) is 0.508. The van der Waals surface area contributed by atoms with E-state index in [1.165, 1.54) is 17.8 Å². The van der Waals surface area contributed by atoms with Gasteiger partial charge in [0.2, 0.25) is 0 Å². The third-order valence-corrected chi connectivity index (χ3v) is 4.32. The van der Waals surface area contributed by atoms with Crippen LogP contribution in [0.15, 0.2) is 45.0 Å². The van der Waals surface area contributed by atoms with Crippen LogP contribution in [0.3, 0.4) is 0 Å². The number of aromatic nitrogens is 3. The molecule has 0 spiro atoms. The zero-order chi connectivity index (χ0) is 15.7. The number of aryl methyl sites for hydroxylation is 1. The van der Waals surface area contributed by atoms with E-state index in [1.807, 2.05) is 26.1 Å². The van der Waals surface area contributed by atoms with Gasteiger partial charge >= 0.3 is 0 Å². The summed E-state index contributed by atoms with van der Waals surface area (Å²) in [6.45, 7) is 1.84. The van der Waals surface area contributed by atoms with E-state index in [2.05, 4.69) is 10.2 Å². The molecule has 3 rings (SSSR count). The van der Waals surface area contributed by atoms with Gasteiger partial charge in [-0.05, 0) is 36.9 Å². The number of nitriles is 1. The third-order valence-electron chi connectivity index (χ3n) is 3.22. The van der Waals surface area contributed by atoms with Crippen molar-refractivity contribution in [1.29, 1.82) is 5.26 Å². The van der Waals surface area contributed by atoms with Crippen molar-refractivity contribution in [3.63, 3.8) is 0 Å². The van der Waals surface area contributed by atoms with E-state index in [9.17, 15) is 4.39 Å². The summed E-state index contributed by atoms with van der Waals surface area (Å²) in [5.41, 5.74) is 0.859. The van der Waals surface area contributed by atoms with E-state index in [4.69, 9.17) is 9.68 Å². The molecule has 0 aliphatic rings. The zero-order valence-electron chi connectivity index (χ0n) is 11.9. The second-order valence-electron chi connectivity index (χ2n) is 4.58. The highest BCUT2D eigenvalue weighted by Crippen LogP contribution is 2.32. The molecule has 0 radical (unpaired) electrons. The second-order valence-corrected chi connectivity index (χ2v) is 5.59. The number of halogens is 1. The number of nitrogens with zero attached hydrogens (tertiary/aromatic N) is 4. The molecule has 0 amide bonds. The molecule has 22 heavy (non-hydrogen) atoms. The lowest BCUT2D eigenvalue weighted by Crippen LogP contribution is -1.95. The lowest BCUT2D eigenvalue weighted by Gasteiger charge is -2.05. The molecule has 0 aliphatic heterocycles. The average Bonchev–Trinajstić information content (AvgIpc) is 3.06. The van der Waals surface area contributed by atoms with E-state index < -0.39 is 5.82 Å². The fourth-order valence-corrected chi connectivity index (χ4v) is 2.95. The molecule has 2 aromatic heterocycles. The van der Waals surface area contributed by atoms with E-state index in [-0.39, 0.29) is 5.56 Å². The summed E-state index contributed by atoms with van der Waals surface area (Å²) >= 11 is 1.20. The molecule has 0 aliphatic carbocycles. The lowest BCUT2D eigenvalue weighted by atomic mass is 10.2. The molecule has 5 nitrogen and oxygen atoms in total. The fourth-order valence-electron chi connectivity index (χ4n) is 2.05. The van der Waals surface area contributed by atoms with Gasteiger partial charge in [-0.15, -0.1) is 10.2 Å². The first-order chi connectivity index (χ1) is 10.6. The van der Waals surface area contributed by atoms with Crippen LogP contribution in [0.2, 0.25) is 0 Å². The largest absolute Gasteiger partial charge is 0.469 e. The number of benzene rings is 1. The Hall–Kier alpha value is -2.59. The van der Waals surface area contributed by atoms with Gasteiger partial charge in [-0.1, -0.05) is 6.07 Å².